The Morgan fingerprint density at radius 2 is 2.00 bits per heavy atom. The molecule has 1 saturated heterocycles. The van der Waals surface area contributed by atoms with Crippen molar-refractivity contribution < 1.29 is 14.3 Å². The van der Waals surface area contributed by atoms with E-state index in [0.717, 1.165) is 29.9 Å². The van der Waals surface area contributed by atoms with Gasteiger partial charge in [0.05, 0.1) is 18.1 Å². The molecule has 1 aromatic carbocycles. The lowest BCUT2D eigenvalue weighted by Crippen LogP contribution is -2.48. The average Bonchev–Trinajstić information content (AvgIpc) is 3.18. The molecule has 2 N–H and O–H groups in total. The van der Waals surface area contributed by atoms with E-state index in [0.29, 0.717) is 13.0 Å². The van der Waals surface area contributed by atoms with Gasteiger partial charge in [-0.3, -0.25) is 14.6 Å². The SMILES string of the molecule is CC.CC1(C)N=C([C@@H]2CCCN2C(=O)CNC=O)Nc2ccccc21.COC. The molecule has 0 bridgehead atoms. The fourth-order valence-electron chi connectivity index (χ4n) is 3.39. The van der Waals surface area contributed by atoms with Gasteiger partial charge in [-0.1, -0.05) is 32.0 Å². The number of para-hydroxylation sites is 1. The van der Waals surface area contributed by atoms with E-state index in [9.17, 15) is 9.59 Å². The first-order valence-electron chi connectivity index (χ1n) is 9.77. The van der Waals surface area contributed by atoms with E-state index in [4.69, 9.17) is 4.99 Å². The average molecular weight is 391 g/mol. The number of hydrogen-bond donors (Lipinski definition) is 2. The van der Waals surface area contributed by atoms with Gasteiger partial charge in [-0.25, -0.2) is 0 Å². The van der Waals surface area contributed by atoms with Gasteiger partial charge in [0.25, 0.3) is 0 Å². The first-order valence-corrected chi connectivity index (χ1v) is 9.77. The zero-order valence-corrected chi connectivity index (χ0v) is 17.9. The Hall–Kier alpha value is -2.41. The van der Waals surface area contributed by atoms with Crippen molar-refractivity contribution in [3.8, 4) is 0 Å². The number of aliphatic imine (C=N–C) groups is 1. The number of carbonyl (C=O) groups is 2. The second-order valence-corrected chi connectivity index (χ2v) is 6.88. The van der Waals surface area contributed by atoms with Crippen LogP contribution in [0.4, 0.5) is 5.69 Å². The van der Waals surface area contributed by atoms with E-state index in [2.05, 4.69) is 35.3 Å². The Balaban J connectivity index is 0.000000717. The minimum Gasteiger partial charge on any atom is -0.388 e. The number of methoxy groups -OCH3 is 1. The molecule has 156 valence electrons. The maximum atomic E-state index is 12.3. The van der Waals surface area contributed by atoms with Crippen molar-refractivity contribution in [2.24, 2.45) is 4.99 Å². The molecule has 0 unspecified atom stereocenters. The Morgan fingerprint density at radius 1 is 1.36 bits per heavy atom. The minimum absolute atomic E-state index is 0.0350. The second kappa shape index (κ2) is 11.4. The van der Waals surface area contributed by atoms with Crippen molar-refractivity contribution in [1.82, 2.24) is 10.2 Å². The molecule has 28 heavy (non-hydrogen) atoms. The molecule has 1 fully saturated rings. The number of likely N-dealkylation sites (tertiary alicyclic amines) is 1. The van der Waals surface area contributed by atoms with Crippen LogP contribution in [0.5, 0.6) is 0 Å². The van der Waals surface area contributed by atoms with Crippen molar-refractivity contribution in [1.29, 1.82) is 0 Å². The molecule has 1 atom stereocenters. The van der Waals surface area contributed by atoms with Crippen LogP contribution in [-0.2, 0) is 19.9 Å². The van der Waals surface area contributed by atoms with Crippen LogP contribution in [-0.4, -0.2) is 56.4 Å². The largest absolute Gasteiger partial charge is 0.388 e. The van der Waals surface area contributed by atoms with Crippen LogP contribution in [0.2, 0.25) is 0 Å². The molecule has 7 heteroatoms. The summed E-state index contributed by atoms with van der Waals surface area (Å²) in [5.41, 5.74) is 1.88. The maximum Gasteiger partial charge on any atom is 0.242 e. The van der Waals surface area contributed by atoms with Crippen molar-refractivity contribution in [3.63, 3.8) is 0 Å². The quantitative estimate of drug-likeness (QED) is 0.775. The van der Waals surface area contributed by atoms with E-state index in [1.54, 1.807) is 14.2 Å². The molecule has 0 spiro atoms. The highest BCUT2D eigenvalue weighted by atomic mass is 16.4. The van der Waals surface area contributed by atoms with E-state index in [-0.39, 0.29) is 24.0 Å². The lowest BCUT2D eigenvalue weighted by Gasteiger charge is -2.35. The molecule has 7 nitrogen and oxygen atoms in total. The number of amides is 2. The van der Waals surface area contributed by atoms with Crippen molar-refractivity contribution in [2.75, 3.05) is 32.6 Å². The summed E-state index contributed by atoms with van der Waals surface area (Å²) in [6, 6.07) is 8.08. The molecular formula is C21H34N4O3. The van der Waals surface area contributed by atoms with Crippen LogP contribution in [0, 0.1) is 0 Å². The van der Waals surface area contributed by atoms with Crippen molar-refractivity contribution in [2.45, 2.75) is 52.1 Å². The van der Waals surface area contributed by atoms with E-state index in [1.807, 2.05) is 36.9 Å². The predicted molar refractivity (Wildman–Crippen MR) is 114 cm³/mol. The topological polar surface area (TPSA) is 83.0 Å². The summed E-state index contributed by atoms with van der Waals surface area (Å²) in [4.78, 5) is 29.4. The summed E-state index contributed by atoms with van der Waals surface area (Å²) in [6.07, 6.45) is 2.38. The Labute approximate surface area is 168 Å². The molecule has 2 aliphatic rings. The molecule has 2 aliphatic heterocycles. The third-order valence-electron chi connectivity index (χ3n) is 4.47. The van der Waals surface area contributed by atoms with E-state index in [1.165, 1.54) is 0 Å². The highest BCUT2D eigenvalue weighted by Gasteiger charge is 2.37. The molecule has 3 rings (SSSR count). The molecule has 2 heterocycles. The predicted octanol–water partition coefficient (Wildman–Crippen LogP) is 2.77. The van der Waals surface area contributed by atoms with Gasteiger partial charge in [0.15, 0.2) is 0 Å². The second-order valence-electron chi connectivity index (χ2n) is 6.88. The Morgan fingerprint density at radius 3 is 2.64 bits per heavy atom. The van der Waals surface area contributed by atoms with Gasteiger partial charge >= 0.3 is 0 Å². The summed E-state index contributed by atoms with van der Waals surface area (Å²) in [5.74, 6) is 0.770. The Bertz CT molecular complexity index is 673. The van der Waals surface area contributed by atoms with Crippen LogP contribution in [0.25, 0.3) is 0 Å². The smallest absolute Gasteiger partial charge is 0.242 e. The van der Waals surface area contributed by atoms with Gasteiger partial charge in [0.1, 0.15) is 5.84 Å². The summed E-state index contributed by atoms with van der Waals surface area (Å²) in [6.45, 7) is 8.91. The van der Waals surface area contributed by atoms with Gasteiger partial charge < -0.3 is 20.3 Å². The van der Waals surface area contributed by atoms with Gasteiger partial charge in [0, 0.05) is 32.0 Å². The number of ether oxygens (including phenoxy) is 1. The van der Waals surface area contributed by atoms with Crippen LogP contribution in [0.3, 0.4) is 0 Å². The number of hydrogen-bond acceptors (Lipinski definition) is 5. The summed E-state index contributed by atoms with van der Waals surface area (Å²) in [5, 5.41) is 5.85. The molecule has 0 aliphatic carbocycles. The van der Waals surface area contributed by atoms with Crippen molar-refractivity contribution in [3.05, 3.63) is 29.8 Å². The van der Waals surface area contributed by atoms with Gasteiger partial charge in [-0.2, -0.15) is 0 Å². The Kier molecular flexibility index (Phi) is 9.65. The number of carbonyl (C=O) groups excluding carboxylic acids is 2. The van der Waals surface area contributed by atoms with Gasteiger partial charge in [-0.05, 0) is 32.8 Å². The summed E-state index contributed by atoms with van der Waals surface area (Å²) >= 11 is 0. The summed E-state index contributed by atoms with van der Waals surface area (Å²) in [7, 11) is 3.25. The van der Waals surface area contributed by atoms with Gasteiger partial charge in [0.2, 0.25) is 12.3 Å². The number of fused-ring (bicyclic) bond motifs is 1. The molecule has 1 aromatic rings. The number of benzene rings is 1. The normalized spacial score (nSPS) is 18.9. The van der Waals surface area contributed by atoms with Crippen LogP contribution < -0.4 is 10.6 Å². The molecular weight excluding hydrogens is 356 g/mol. The van der Waals surface area contributed by atoms with Gasteiger partial charge in [-0.15, -0.1) is 0 Å². The number of amidine groups is 1. The fraction of sp³-hybridized carbons (Fsp3) is 0.571. The molecule has 2 amide bonds. The first kappa shape index (κ1) is 23.6. The number of rotatable bonds is 4. The number of nitrogens with one attached hydrogen (secondary N) is 2. The van der Waals surface area contributed by atoms with Crippen LogP contribution >= 0.6 is 0 Å². The fourth-order valence-corrected chi connectivity index (χ4v) is 3.39. The lowest BCUT2D eigenvalue weighted by atomic mass is 9.91. The maximum absolute atomic E-state index is 12.3. The standard InChI is InChI=1S/C17H22N4O2.C2H6O.C2H6/c1-17(2)12-6-3-4-7-13(12)19-16(20-17)14-8-5-9-21(14)15(23)10-18-11-22;1-3-2;1-2/h3-4,6-7,11,14H,5,8-10H2,1-2H3,(H,18,22)(H,19,20);1-2H3;1-2H3/t14-;;/m0../s1. The monoisotopic (exact) mass is 390 g/mol. The zero-order valence-electron chi connectivity index (χ0n) is 17.9. The third-order valence-corrected chi connectivity index (χ3v) is 4.47. The van der Waals surface area contributed by atoms with E-state index >= 15 is 0 Å². The number of anilines is 1. The zero-order chi connectivity index (χ0) is 21.2. The lowest BCUT2D eigenvalue weighted by molar-refractivity contribution is -0.131. The summed E-state index contributed by atoms with van der Waals surface area (Å²) < 4.78 is 4.25. The van der Waals surface area contributed by atoms with E-state index < -0.39 is 0 Å². The molecule has 0 saturated carbocycles. The molecule has 0 aromatic heterocycles. The molecule has 0 radical (unpaired) electrons. The minimum atomic E-state index is -0.324. The third kappa shape index (κ3) is 5.79. The van der Waals surface area contributed by atoms with Crippen LogP contribution in [0.1, 0.15) is 46.1 Å². The highest BCUT2D eigenvalue weighted by molar-refractivity contribution is 6.04. The first-order chi connectivity index (χ1) is 13.4. The highest BCUT2D eigenvalue weighted by Crippen LogP contribution is 2.36. The number of nitrogens with zero attached hydrogens (tertiary/aromatic N) is 2. The van der Waals surface area contributed by atoms with Crippen molar-refractivity contribution >= 4 is 23.8 Å². The van der Waals surface area contributed by atoms with Crippen LogP contribution in [0.15, 0.2) is 29.3 Å².